The van der Waals surface area contributed by atoms with Crippen LogP contribution < -0.4 is 10.6 Å². The molecular formula is C17H24N4. The third-order valence-corrected chi connectivity index (χ3v) is 4.33. The normalized spacial score (nSPS) is 14.0. The van der Waals surface area contributed by atoms with Crippen molar-refractivity contribution in [2.45, 2.75) is 39.7 Å². The van der Waals surface area contributed by atoms with Crippen molar-refractivity contribution < 1.29 is 0 Å². The molecule has 0 aliphatic carbocycles. The number of hydrogen-bond donors (Lipinski definition) is 1. The first kappa shape index (κ1) is 14.0. The molecule has 4 heteroatoms. The van der Waals surface area contributed by atoms with Gasteiger partial charge in [0.25, 0.3) is 0 Å². The molecule has 0 spiro atoms. The second-order valence-corrected chi connectivity index (χ2v) is 6.09. The van der Waals surface area contributed by atoms with E-state index in [1.165, 1.54) is 11.3 Å². The van der Waals surface area contributed by atoms with E-state index in [1.807, 2.05) is 0 Å². The number of anilines is 2. The number of aryl methyl sites for hydroxylation is 1. The summed E-state index contributed by atoms with van der Waals surface area (Å²) < 4.78 is 2.15. The Hall–Kier alpha value is -1.97. The molecule has 0 saturated carbocycles. The van der Waals surface area contributed by atoms with E-state index in [-0.39, 0.29) is 0 Å². The lowest BCUT2D eigenvalue weighted by Crippen LogP contribution is -2.12. The summed E-state index contributed by atoms with van der Waals surface area (Å²) >= 11 is 0. The van der Waals surface area contributed by atoms with Gasteiger partial charge in [0.1, 0.15) is 17.3 Å². The van der Waals surface area contributed by atoms with E-state index in [9.17, 15) is 0 Å². The van der Waals surface area contributed by atoms with Crippen LogP contribution in [0.2, 0.25) is 0 Å². The van der Waals surface area contributed by atoms with Gasteiger partial charge in [-0.1, -0.05) is 13.0 Å². The van der Waals surface area contributed by atoms with Crippen molar-refractivity contribution in [3.05, 3.63) is 29.6 Å². The molecule has 2 aromatic rings. The van der Waals surface area contributed by atoms with Gasteiger partial charge in [0.2, 0.25) is 0 Å². The molecule has 3 rings (SSSR count). The van der Waals surface area contributed by atoms with Gasteiger partial charge < -0.3 is 15.2 Å². The fraction of sp³-hybridized carbons (Fsp3) is 0.471. The maximum atomic E-state index is 6.38. The van der Waals surface area contributed by atoms with Crippen LogP contribution in [0.5, 0.6) is 0 Å². The number of fused-ring (bicyclic) bond motifs is 1. The molecular weight excluding hydrogens is 260 g/mol. The molecule has 0 saturated heterocycles. The van der Waals surface area contributed by atoms with Crippen molar-refractivity contribution in [1.29, 1.82) is 0 Å². The molecule has 0 fully saturated rings. The Labute approximate surface area is 126 Å². The van der Waals surface area contributed by atoms with E-state index in [0.29, 0.717) is 6.04 Å². The second kappa shape index (κ2) is 5.10. The number of hydrogen-bond acceptors (Lipinski definition) is 3. The van der Waals surface area contributed by atoms with E-state index in [4.69, 9.17) is 10.7 Å². The van der Waals surface area contributed by atoms with Crippen molar-refractivity contribution >= 4 is 11.5 Å². The van der Waals surface area contributed by atoms with Crippen LogP contribution in [0.25, 0.3) is 11.3 Å². The summed E-state index contributed by atoms with van der Waals surface area (Å²) in [6.45, 7) is 7.52. The number of imidazole rings is 1. The van der Waals surface area contributed by atoms with E-state index < -0.39 is 0 Å². The van der Waals surface area contributed by atoms with Crippen LogP contribution >= 0.6 is 0 Å². The number of rotatable bonds is 3. The third-order valence-electron chi connectivity index (χ3n) is 4.33. The zero-order valence-electron chi connectivity index (χ0n) is 13.3. The SMILES string of the molecule is CCc1nc(-c2ccc3c(c2)CCN3C)c(N)n1C(C)C. The number of nitrogens with zero attached hydrogens (tertiary/aromatic N) is 3. The van der Waals surface area contributed by atoms with Gasteiger partial charge in [0.05, 0.1) is 0 Å². The fourth-order valence-electron chi connectivity index (χ4n) is 3.25. The molecule has 1 aliphatic rings. The van der Waals surface area contributed by atoms with Crippen LogP contribution in [0.4, 0.5) is 11.5 Å². The Bertz CT molecular complexity index is 670. The molecule has 1 aromatic carbocycles. The molecule has 1 aliphatic heterocycles. The van der Waals surface area contributed by atoms with E-state index in [0.717, 1.165) is 42.3 Å². The molecule has 1 aromatic heterocycles. The highest BCUT2D eigenvalue weighted by atomic mass is 15.2. The van der Waals surface area contributed by atoms with E-state index >= 15 is 0 Å². The predicted octanol–water partition coefficient (Wildman–Crippen LogP) is 3.27. The van der Waals surface area contributed by atoms with Gasteiger partial charge in [0, 0.05) is 37.3 Å². The highest BCUT2D eigenvalue weighted by Gasteiger charge is 2.20. The minimum Gasteiger partial charge on any atom is -0.383 e. The summed E-state index contributed by atoms with van der Waals surface area (Å²) in [6, 6.07) is 6.92. The first-order chi connectivity index (χ1) is 10.0. The highest BCUT2D eigenvalue weighted by Crippen LogP contribution is 2.34. The number of aromatic nitrogens is 2. The lowest BCUT2D eigenvalue weighted by molar-refractivity contribution is 0.579. The topological polar surface area (TPSA) is 47.1 Å². The molecule has 112 valence electrons. The maximum Gasteiger partial charge on any atom is 0.131 e. The average molecular weight is 284 g/mol. The van der Waals surface area contributed by atoms with Gasteiger partial charge in [-0.25, -0.2) is 4.98 Å². The van der Waals surface area contributed by atoms with Crippen LogP contribution in [0, 0.1) is 0 Å². The van der Waals surface area contributed by atoms with Gasteiger partial charge in [-0.3, -0.25) is 0 Å². The molecule has 0 amide bonds. The molecule has 0 radical (unpaired) electrons. The second-order valence-electron chi connectivity index (χ2n) is 6.09. The molecule has 2 heterocycles. The van der Waals surface area contributed by atoms with Crippen molar-refractivity contribution in [2.24, 2.45) is 0 Å². The zero-order chi connectivity index (χ0) is 15.1. The highest BCUT2D eigenvalue weighted by molar-refractivity contribution is 5.75. The molecule has 0 unspecified atom stereocenters. The Morgan fingerprint density at radius 3 is 2.71 bits per heavy atom. The first-order valence-corrected chi connectivity index (χ1v) is 7.74. The average Bonchev–Trinajstić information content (AvgIpc) is 2.99. The molecule has 4 nitrogen and oxygen atoms in total. The van der Waals surface area contributed by atoms with Crippen LogP contribution in [-0.2, 0) is 12.8 Å². The predicted molar refractivity (Wildman–Crippen MR) is 88.8 cm³/mol. The number of likely N-dealkylation sites (N-methyl/N-ethyl adjacent to an activating group) is 1. The maximum absolute atomic E-state index is 6.38. The Morgan fingerprint density at radius 2 is 2.10 bits per heavy atom. The van der Waals surface area contributed by atoms with Crippen molar-refractivity contribution in [1.82, 2.24) is 9.55 Å². The summed E-state index contributed by atoms with van der Waals surface area (Å²) in [7, 11) is 2.14. The van der Waals surface area contributed by atoms with Crippen LogP contribution in [0.3, 0.4) is 0 Å². The quantitative estimate of drug-likeness (QED) is 0.941. The van der Waals surface area contributed by atoms with Gasteiger partial charge in [-0.2, -0.15) is 0 Å². The smallest absolute Gasteiger partial charge is 0.131 e. The Kier molecular flexibility index (Phi) is 3.40. The lowest BCUT2D eigenvalue weighted by Gasteiger charge is -2.13. The molecule has 0 atom stereocenters. The van der Waals surface area contributed by atoms with Crippen molar-refractivity contribution in [3.8, 4) is 11.3 Å². The summed E-state index contributed by atoms with van der Waals surface area (Å²) in [4.78, 5) is 7.09. The van der Waals surface area contributed by atoms with Gasteiger partial charge in [0.15, 0.2) is 0 Å². The lowest BCUT2D eigenvalue weighted by atomic mass is 10.1. The summed E-state index contributed by atoms with van der Waals surface area (Å²) in [6.07, 6.45) is 2.00. The zero-order valence-corrected chi connectivity index (χ0v) is 13.3. The van der Waals surface area contributed by atoms with Gasteiger partial charge in [-0.15, -0.1) is 0 Å². The summed E-state index contributed by atoms with van der Waals surface area (Å²) in [5, 5.41) is 0. The Balaban J connectivity index is 2.09. The van der Waals surface area contributed by atoms with E-state index in [1.54, 1.807) is 0 Å². The monoisotopic (exact) mass is 284 g/mol. The minimum absolute atomic E-state index is 0.335. The fourth-order valence-corrected chi connectivity index (χ4v) is 3.25. The standard InChI is InChI=1S/C17H24N4/c1-5-15-19-16(17(18)21(15)11(2)3)13-6-7-14-12(10-13)8-9-20(14)4/h6-7,10-11H,5,8-9,18H2,1-4H3. The number of nitrogen functional groups attached to an aromatic ring is 1. The van der Waals surface area contributed by atoms with Crippen LogP contribution in [-0.4, -0.2) is 23.1 Å². The van der Waals surface area contributed by atoms with Gasteiger partial charge >= 0.3 is 0 Å². The third kappa shape index (κ3) is 2.19. The van der Waals surface area contributed by atoms with Gasteiger partial charge in [-0.05, 0) is 38.0 Å². The molecule has 21 heavy (non-hydrogen) atoms. The van der Waals surface area contributed by atoms with Crippen LogP contribution in [0.15, 0.2) is 18.2 Å². The summed E-state index contributed by atoms with van der Waals surface area (Å²) in [5.74, 6) is 1.85. The number of nitrogens with two attached hydrogens (primary N) is 1. The van der Waals surface area contributed by atoms with Crippen LogP contribution in [0.1, 0.15) is 38.2 Å². The molecule has 0 bridgehead atoms. The summed E-state index contributed by atoms with van der Waals surface area (Å²) in [5.41, 5.74) is 11.2. The van der Waals surface area contributed by atoms with E-state index in [2.05, 4.69) is 55.5 Å². The Morgan fingerprint density at radius 1 is 1.33 bits per heavy atom. The largest absolute Gasteiger partial charge is 0.383 e. The first-order valence-electron chi connectivity index (χ1n) is 7.74. The van der Waals surface area contributed by atoms with Crippen molar-refractivity contribution in [3.63, 3.8) is 0 Å². The van der Waals surface area contributed by atoms with Crippen molar-refractivity contribution in [2.75, 3.05) is 24.2 Å². The molecule has 2 N–H and O–H groups in total. The minimum atomic E-state index is 0.335. The number of benzene rings is 1.